The van der Waals surface area contributed by atoms with E-state index in [0.717, 1.165) is 11.1 Å². The molecule has 0 spiro atoms. The summed E-state index contributed by atoms with van der Waals surface area (Å²) < 4.78 is 6.77. The highest BCUT2D eigenvalue weighted by molar-refractivity contribution is 7.98. The average molecular weight is 477 g/mol. The summed E-state index contributed by atoms with van der Waals surface area (Å²) >= 11 is 7.83. The van der Waals surface area contributed by atoms with Crippen molar-refractivity contribution in [3.63, 3.8) is 0 Å². The van der Waals surface area contributed by atoms with E-state index in [9.17, 15) is 9.59 Å². The third-order valence-electron chi connectivity index (χ3n) is 4.89. The van der Waals surface area contributed by atoms with Crippen molar-refractivity contribution in [3.8, 4) is 11.3 Å². The van der Waals surface area contributed by atoms with E-state index < -0.39 is 5.97 Å². The average Bonchev–Trinajstić information content (AvgIpc) is 2.86. The minimum absolute atomic E-state index is 0.128. The van der Waals surface area contributed by atoms with Crippen LogP contribution in [0.25, 0.3) is 11.3 Å². The number of hydrogen-bond donors (Lipinski definition) is 0. The van der Waals surface area contributed by atoms with Crippen molar-refractivity contribution in [2.24, 2.45) is 0 Å². The minimum atomic E-state index is -0.528. The molecule has 0 bridgehead atoms. The van der Waals surface area contributed by atoms with E-state index in [1.165, 1.54) is 16.3 Å². The number of halogens is 1. The molecule has 0 amide bonds. The van der Waals surface area contributed by atoms with Gasteiger partial charge in [0, 0.05) is 11.3 Å². The van der Waals surface area contributed by atoms with Gasteiger partial charge in [-0.3, -0.25) is 14.2 Å². The standard InChI is InChI=1S/C26H21ClN2O3S/c27-24-23(21-14-8-3-9-15-21)29(16-22(30)32-17-19-10-4-1-5-11-19)26(31)25(28-24)33-18-20-12-6-2-7-13-20/h1-15H,16-18H2. The monoisotopic (exact) mass is 476 g/mol. The summed E-state index contributed by atoms with van der Waals surface area (Å²) in [6, 6.07) is 28.4. The van der Waals surface area contributed by atoms with Crippen LogP contribution in [0.5, 0.6) is 0 Å². The van der Waals surface area contributed by atoms with Gasteiger partial charge in [0.1, 0.15) is 13.2 Å². The van der Waals surface area contributed by atoms with E-state index in [2.05, 4.69) is 4.98 Å². The fourth-order valence-corrected chi connectivity index (χ4v) is 4.50. The van der Waals surface area contributed by atoms with Crippen molar-refractivity contribution in [2.45, 2.75) is 23.9 Å². The lowest BCUT2D eigenvalue weighted by Crippen LogP contribution is -2.29. The second kappa shape index (κ2) is 11.0. The third-order valence-corrected chi connectivity index (χ3v) is 6.17. The molecule has 166 valence electrons. The van der Waals surface area contributed by atoms with Crippen molar-refractivity contribution in [2.75, 3.05) is 0 Å². The predicted octanol–water partition coefficient (Wildman–Crippen LogP) is 5.60. The number of thioether (sulfide) groups is 1. The molecule has 0 N–H and O–H groups in total. The lowest BCUT2D eigenvalue weighted by Gasteiger charge is -2.15. The van der Waals surface area contributed by atoms with Gasteiger partial charge in [-0.2, -0.15) is 0 Å². The van der Waals surface area contributed by atoms with E-state index in [1.807, 2.05) is 91.0 Å². The first-order chi connectivity index (χ1) is 16.1. The van der Waals surface area contributed by atoms with Gasteiger partial charge in [-0.15, -0.1) is 0 Å². The Bertz CT molecular complexity index is 1280. The Balaban J connectivity index is 1.63. The number of ether oxygens (including phenoxy) is 1. The Hall–Kier alpha value is -3.35. The van der Waals surface area contributed by atoms with E-state index in [0.29, 0.717) is 17.0 Å². The molecule has 0 aliphatic rings. The van der Waals surface area contributed by atoms with Crippen LogP contribution in [0.1, 0.15) is 11.1 Å². The van der Waals surface area contributed by atoms with Crippen molar-refractivity contribution >= 4 is 29.3 Å². The molecule has 4 aromatic rings. The maximum absolute atomic E-state index is 13.4. The Morgan fingerprint density at radius 3 is 2.09 bits per heavy atom. The number of carbonyl (C=O) groups excluding carboxylic acids is 1. The number of nitrogens with zero attached hydrogens (tertiary/aromatic N) is 2. The van der Waals surface area contributed by atoms with Crippen molar-refractivity contribution in [1.82, 2.24) is 9.55 Å². The highest BCUT2D eigenvalue weighted by atomic mass is 35.5. The number of esters is 1. The zero-order chi connectivity index (χ0) is 23.0. The Kier molecular flexibility index (Phi) is 7.60. The first-order valence-electron chi connectivity index (χ1n) is 10.3. The Labute approximate surface area is 201 Å². The van der Waals surface area contributed by atoms with Gasteiger partial charge in [-0.25, -0.2) is 4.98 Å². The Morgan fingerprint density at radius 2 is 1.45 bits per heavy atom. The molecular weight excluding hydrogens is 456 g/mol. The van der Waals surface area contributed by atoms with Gasteiger partial charge in [0.2, 0.25) is 0 Å². The summed E-state index contributed by atoms with van der Waals surface area (Å²) in [7, 11) is 0. The molecule has 4 rings (SSSR count). The highest BCUT2D eigenvalue weighted by Crippen LogP contribution is 2.28. The van der Waals surface area contributed by atoms with Crippen LogP contribution >= 0.6 is 23.4 Å². The van der Waals surface area contributed by atoms with Gasteiger partial charge in [-0.1, -0.05) is 114 Å². The summed E-state index contributed by atoms with van der Waals surface area (Å²) in [5.41, 5.74) is 2.63. The Morgan fingerprint density at radius 1 is 0.879 bits per heavy atom. The second-order valence-corrected chi connectivity index (χ2v) is 8.56. The summed E-state index contributed by atoms with van der Waals surface area (Å²) in [5, 5.41) is 0.395. The predicted molar refractivity (Wildman–Crippen MR) is 131 cm³/mol. The molecule has 0 saturated carbocycles. The quantitative estimate of drug-likeness (QED) is 0.245. The molecule has 0 aliphatic carbocycles. The van der Waals surface area contributed by atoms with Gasteiger partial charge in [0.25, 0.3) is 5.56 Å². The van der Waals surface area contributed by atoms with Crippen LogP contribution in [0, 0.1) is 0 Å². The van der Waals surface area contributed by atoms with E-state index in [-0.39, 0.29) is 28.9 Å². The van der Waals surface area contributed by atoms with Crippen LogP contribution in [0.3, 0.4) is 0 Å². The third kappa shape index (κ3) is 5.92. The fourth-order valence-electron chi connectivity index (χ4n) is 3.27. The normalized spacial score (nSPS) is 10.7. The van der Waals surface area contributed by atoms with Crippen molar-refractivity contribution in [1.29, 1.82) is 0 Å². The maximum Gasteiger partial charge on any atom is 0.326 e. The summed E-state index contributed by atoms with van der Waals surface area (Å²) in [6.45, 7) is -0.138. The largest absolute Gasteiger partial charge is 0.459 e. The minimum Gasteiger partial charge on any atom is -0.459 e. The summed E-state index contributed by atoms with van der Waals surface area (Å²) in [5.74, 6) is 0.0298. The van der Waals surface area contributed by atoms with Gasteiger partial charge >= 0.3 is 5.97 Å². The molecule has 0 radical (unpaired) electrons. The molecule has 0 atom stereocenters. The van der Waals surface area contributed by atoms with Crippen LogP contribution in [-0.2, 0) is 28.4 Å². The molecule has 5 nitrogen and oxygen atoms in total. The summed E-state index contributed by atoms with van der Waals surface area (Å²) in [6.07, 6.45) is 0. The van der Waals surface area contributed by atoms with Gasteiger partial charge in [-0.05, 0) is 11.1 Å². The van der Waals surface area contributed by atoms with Crippen LogP contribution in [-0.4, -0.2) is 15.5 Å². The van der Waals surface area contributed by atoms with Crippen molar-refractivity contribution in [3.05, 3.63) is 118 Å². The van der Waals surface area contributed by atoms with E-state index in [1.54, 1.807) is 0 Å². The molecule has 3 aromatic carbocycles. The molecule has 0 unspecified atom stereocenters. The van der Waals surface area contributed by atoms with Gasteiger partial charge < -0.3 is 4.74 Å². The number of carbonyl (C=O) groups is 1. The molecule has 1 heterocycles. The maximum atomic E-state index is 13.4. The van der Waals surface area contributed by atoms with Crippen LogP contribution in [0.2, 0.25) is 5.15 Å². The molecule has 33 heavy (non-hydrogen) atoms. The SMILES string of the molecule is O=C(Cn1c(-c2ccccc2)c(Cl)nc(SCc2ccccc2)c1=O)OCc1ccccc1. The summed E-state index contributed by atoms with van der Waals surface area (Å²) in [4.78, 5) is 30.4. The fraction of sp³-hybridized carbons (Fsp3) is 0.115. The van der Waals surface area contributed by atoms with Crippen LogP contribution < -0.4 is 5.56 Å². The zero-order valence-corrected chi connectivity index (χ0v) is 19.3. The lowest BCUT2D eigenvalue weighted by atomic mass is 10.1. The first-order valence-corrected chi connectivity index (χ1v) is 11.7. The number of hydrogen-bond acceptors (Lipinski definition) is 5. The van der Waals surface area contributed by atoms with Crippen LogP contribution in [0.4, 0.5) is 0 Å². The van der Waals surface area contributed by atoms with Crippen LogP contribution in [0.15, 0.2) is 101 Å². The molecule has 0 aliphatic heterocycles. The van der Waals surface area contributed by atoms with E-state index >= 15 is 0 Å². The highest BCUT2D eigenvalue weighted by Gasteiger charge is 2.20. The number of aromatic nitrogens is 2. The van der Waals surface area contributed by atoms with Gasteiger partial charge in [0.05, 0.1) is 5.69 Å². The molecule has 7 heteroatoms. The topological polar surface area (TPSA) is 61.2 Å². The second-order valence-electron chi connectivity index (χ2n) is 7.23. The van der Waals surface area contributed by atoms with Gasteiger partial charge in [0.15, 0.2) is 10.2 Å². The zero-order valence-electron chi connectivity index (χ0n) is 17.7. The number of benzene rings is 3. The smallest absolute Gasteiger partial charge is 0.326 e. The number of rotatable bonds is 8. The molecule has 0 saturated heterocycles. The first kappa shape index (κ1) is 22.8. The lowest BCUT2D eigenvalue weighted by molar-refractivity contribution is -0.145. The molecular formula is C26H21ClN2O3S. The van der Waals surface area contributed by atoms with Crippen molar-refractivity contribution < 1.29 is 9.53 Å². The van der Waals surface area contributed by atoms with E-state index in [4.69, 9.17) is 16.3 Å². The molecule has 1 aromatic heterocycles. The molecule has 0 fully saturated rings.